The third kappa shape index (κ3) is 6.14. The van der Waals surface area contributed by atoms with E-state index in [1.165, 1.54) is 34.6 Å². The van der Waals surface area contributed by atoms with Crippen LogP contribution < -0.4 is 5.43 Å². The van der Waals surface area contributed by atoms with Gasteiger partial charge in [-0.15, -0.1) is 0 Å². The summed E-state index contributed by atoms with van der Waals surface area (Å²) in [5.74, 6) is -0.300. The SMILES string of the molecule is CC(C=CC1=C(C)C(n2ccnc2)CCC1(C)C)=CC=CC(C)=CC(=O)Nn1cnc2c(Cl)ncnc21. The first-order valence-electron chi connectivity index (χ1n) is 12.2. The molecule has 4 rings (SSSR count). The molecule has 0 spiro atoms. The van der Waals surface area contributed by atoms with Crippen molar-refractivity contribution in [2.24, 2.45) is 5.41 Å². The Hall–Kier alpha value is -3.78. The van der Waals surface area contributed by atoms with Crippen LogP contribution in [-0.2, 0) is 4.79 Å². The van der Waals surface area contributed by atoms with E-state index in [0.29, 0.717) is 17.2 Å². The lowest BCUT2D eigenvalue weighted by Gasteiger charge is -2.37. The predicted molar refractivity (Wildman–Crippen MR) is 147 cm³/mol. The lowest BCUT2D eigenvalue weighted by Crippen LogP contribution is -2.25. The molecule has 1 aliphatic carbocycles. The van der Waals surface area contributed by atoms with Crippen LogP contribution in [0.3, 0.4) is 0 Å². The fraction of sp³-hybridized carbons (Fsp3) is 0.321. The summed E-state index contributed by atoms with van der Waals surface area (Å²) in [5.41, 5.74) is 8.40. The summed E-state index contributed by atoms with van der Waals surface area (Å²) in [4.78, 5) is 28.8. The Morgan fingerprint density at radius 2 is 1.97 bits per heavy atom. The number of imidazole rings is 2. The molecule has 37 heavy (non-hydrogen) atoms. The van der Waals surface area contributed by atoms with Gasteiger partial charge >= 0.3 is 0 Å². The molecule has 0 bridgehead atoms. The molecule has 0 aliphatic heterocycles. The standard InChI is InChI=1S/C28H32ClN7O/c1-19(9-10-22-21(3)23(11-12-28(22,4)5)35-14-13-30-17-35)7-6-8-20(2)15-24(37)34-36-18-33-25-26(29)31-16-32-27(25)36/h6-10,13-18,23H,11-12H2,1-5H3,(H,34,37). The fourth-order valence-corrected chi connectivity index (χ4v) is 4.84. The van der Waals surface area contributed by atoms with Gasteiger partial charge in [-0.25, -0.2) is 24.6 Å². The Morgan fingerprint density at radius 1 is 1.16 bits per heavy atom. The number of allylic oxidation sites excluding steroid dienone is 9. The van der Waals surface area contributed by atoms with Crippen LogP contribution in [0.15, 0.2) is 90.1 Å². The summed E-state index contributed by atoms with van der Waals surface area (Å²) in [6, 6.07) is 0.350. The molecule has 0 aromatic carbocycles. The van der Waals surface area contributed by atoms with Crippen molar-refractivity contribution in [3.05, 3.63) is 95.3 Å². The molecule has 0 saturated heterocycles. The number of aromatic nitrogens is 6. The van der Waals surface area contributed by atoms with Crippen LogP contribution in [0.5, 0.6) is 0 Å². The van der Waals surface area contributed by atoms with Crippen LogP contribution in [-0.4, -0.2) is 35.1 Å². The monoisotopic (exact) mass is 517 g/mol. The molecule has 1 unspecified atom stereocenters. The van der Waals surface area contributed by atoms with Crippen molar-refractivity contribution in [3.63, 3.8) is 0 Å². The number of halogens is 1. The molecular weight excluding hydrogens is 486 g/mol. The minimum absolute atomic E-state index is 0.123. The predicted octanol–water partition coefficient (Wildman–Crippen LogP) is 6.13. The molecule has 3 aromatic heterocycles. The molecule has 9 heteroatoms. The Kier molecular flexibility index (Phi) is 7.88. The molecule has 3 heterocycles. The summed E-state index contributed by atoms with van der Waals surface area (Å²) < 4.78 is 3.63. The van der Waals surface area contributed by atoms with Gasteiger partial charge < -0.3 is 4.57 Å². The zero-order valence-electron chi connectivity index (χ0n) is 21.8. The van der Waals surface area contributed by atoms with Gasteiger partial charge in [-0.2, -0.15) is 0 Å². The van der Waals surface area contributed by atoms with Crippen LogP contribution in [0.2, 0.25) is 5.15 Å². The quantitative estimate of drug-likeness (QED) is 0.231. The van der Waals surface area contributed by atoms with Crippen LogP contribution in [0.25, 0.3) is 11.2 Å². The summed E-state index contributed by atoms with van der Waals surface area (Å²) in [7, 11) is 0. The van der Waals surface area contributed by atoms with Crippen molar-refractivity contribution in [3.8, 4) is 0 Å². The van der Waals surface area contributed by atoms with E-state index in [2.05, 4.69) is 69.8 Å². The van der Waals surface area contributed by atoms with E-state index in [-0.39, 0.29) is 16.5 Å². The number of amides is 1. The molecule has 1 aliphatic rings. The van der Waals surface area contributed by atoms with Gasteiger partial charge in [0.1, 0.15) is 18.2 Å². The average Bonchev–Trinajstić information content (AvgIpc) is 3.50. The van der Waals surface area contributed by atoms with E-state index in [4.69, 9.17) is 11.6 Å². The second kappa shape index (κ2) is 11.1. The van der Waals surface area contributed by atoms with Gasteiger partial charge in [0, 0.05) is 18.5 Å². The van der Waals surface area contributed by atoms with Crippen molar-refractivity contribution in [2.75, 3.05) is 5.43 Å². The maximum Gasteiger partial charge on any atom is 0.263 e. The highest BCUT2D eigenvalue weighted by Crippen LogP contribution is 2.45. The molecule has 192 valence electrons. The number of nitrogens with one attached hydrogen (secondary N) is 1. The average molecular weight is 518 g/mol. The van der Waals surface area contributed by atoms with Gasteiger partial charge in [0.25, 0.3) is 5.91 Å². The summed E-state index contributed by atoms with van der Waals surface area (Å²) >= 11 is 6.01. The minimum atomic E-state index is -0.300. The summed E-state index contributed by atoms with van der Waals surface area (Å²) in [6.07, 6.45) is 22.6. The lowest BCUT2D eigenvalue weighted by molar-refractivity contribution is -0.112. The minimum Gasteiger partial charge on any atom is -0.330 e. The van der Waals surface area contributed by atoms with E-state index in [9.17, 15) is 4.79 Å². The van der Waals surface area contributed by atoms with E-state index < -0.39 is 0 Å². The molecule has 8 nitrogen and oxygen atoms in total. The van der Waals surface area contributed by atoms with Gasteiger partial charge in [-0.05, 0) is 55.7 Å². The first kappa shape index (κ1) is 26.3. The second-order valence-corrected chi connectivity index (χ2v) is 10.3. The van der Waals surface area contributed by atoms with Crippen LogP contribution in [0.1, 0.15) is 53.5 Å². The third-order valence-corrected chi connectivity index (χ3v) is 6.97. The highest BCUT2D eigenvalue weighted by molar-refractivity contribution is 6.33. The zero-order chi connectivity index (χ0) is 26.6. The lowest BCUT2D eigenvalue weighted by atomic mass is 9.71. The van der Waals surface area contributed by atoms with Gasteiger partial charge in [0.05, 0.1) is 12.4 Å². The largest absolute Gasteiger partial charge is 0.330 e. The second-order valence-electron chi connectivity index (χ2n) is 9.96. The summed E-state index contributed by atoms with van der Waals surface area (Å²) in [6.45, 7) is 10.8. The topological polar surface area (TPSA) is 90.5 Å². The number of carbonyl (C=O) groups excluding carboxylic acids is 1. The normalized spacial score (nSPS) is 18.9. The first-order chi connectivity index (χ1) is 17.7. The van der Waals surface area contributed by atoms with Gasteiger partial charge in [0.15, 0.2) is 10.8 Å². The highest BCUT2D eigenvalue weighted by Gasteiger charge is 2.32. The maximum atomic E-state index is 12.4. The van der Waals surface area contributed by atoms with E-state index in [1.807, 2.05) is 43.9 Å². The molecule has 1 amide bonds. The Morgan fingerprint density at radius 3 is 2.73 bits per heavy atom. The van der Waals surface area contributed by atoms with E-state index >= 15 is 0 Å². The molecule has 0 fully saturated rings. The van der Waals surface area contributed by atoms with Crippen molar-refractivity contribution in [1.29, 1.82) is 0 Å². The number of nitrogens with zero attached hydrogens (tertiary/aromatic N) is 6. The maximum absolute atomic E-state index is 12.4. The van der Waals surface area contributed by atoms with Gasteiger partial charge in [0.2, 0.25) is 0 Å². The molecule has 1 N–H and O–H groups in total. The van der Waals surface area contributed by atoms with Crippen LogP contribution in [0.4, 0.5) is 0 Å². The van der Waals surface area contributed by atoms with Crippen molar-refractivity contribution in [2.45, 2.75) is 53.5 Å². The molecular formula is C28H32ClN7O. The van der Waals surface area contributed by atoms with E-state index in [0.717, 1.165) is 24.0 Å². The van der Waals surface area contributed by atoms with Crippen molar-refractivity contribution >= 4 is 28.7 Å². The van der Waals surface area contributed by atoms with Crippen molar-refractivity contribution < 1.29 is 4.79 Å². The smallest absolute Gasteiger partial charge is 0.263 e. The van der Waals surface area contributed by atoms with Crippen LogP contribution >= 0.6 is 11.6 Å². The molecule has 0 saturated carbocycles. The Balaban J connectivity index is 1.41. The summed E-state index contributed by atoms with van der Waals surface area (Å²) in [5, 5.41) is 0.236. The van der Waals surface area contributed by atoms with Gasteiger partial charge in [-0.3, -0.25) is 10.2 Å². The number of hydrogen-bond donors (Lipinski definition) is 1. The number of hydrogen-bond acceptors (Lipinski definition) is 5. The first-order valence-corrected chi connectivity index (χ1v) is 12.6. The molecule has 1 atom stereocenters. The number of fused-ring (bicyclic) bond motifs is 1. The van der Waals surface area contributed by atoms with Gasteiger partial charge in [-0.1, -0.05) is 61.4 Å². The van der Waals surface area contributed by atoms with E-state index in [1.54, 1.807) is 0 Å². The Bertz CT molecular complexity index is 1440. The fourth-order valence-electron chi connectivity index (χ4n) is 4.66. The Labute approximate surface area is 222 Å². The molecule has 0 radical (unpaired) electrons. The number of carbonyl (C=O) groups is 1. The number of rotatable bonds is 7. The third-order valence-electron chi connectivity index (χ3n) is 6.69. The molecule has 3 aromatic rings. The van der Waals surface area contributed by atoms with Crippen LogP contribution in [0, 0.1) is 5.41 Å². The highest BCUT2D eigenvalue weighted by atomic mass is 35.5. The van der Waals surface area contributed by atoms with Crippen molar-refractivity contribution in [1.82, 2.24) is 29.2 Å². The zero-order valence-corrected chi connectivity index (χ0v) is 22.6.